The third-order valence-corrected chi connectivity index (χ3v) is 5.89. The van der Waals surface area contributed by atoms with Crippen LogP contribution in [0.5, 0.6) is 0 Å². The minimum atomic E-state index is -3.03. The number of anilines is 2. The summed E-state index contributed by atoms with van der Waals surface area (Å²) in [4.78, 5) is 44.0. The van der Waals surface area contributed by atoms with Gasteiger partial charge in [0.05, 0.1) is 18.8 Å². The molecule has 0 spiro atoms. The van der Waals surface area contributed by atoms with E-state index in [1.165, 1.54) is 11.0 Å². The summed E-state index contributed by atoms with van der Waals surface area (Å²) in [6, 6.07) is 10.4. The molecule has 0 radical (unpaired) electrons. The van der Waals surface area contributed by atoms with E-state index in [1.807, 2.05) is 18.2 Å². The molecule has 0 saturated carbocycles. The smallest absolute Gasteiger partial charge is 0.820 e. The molecular formula is C21H18FN4Na2O5P. The van der Waals surface area contributed by atoms with E-state index >= 15 is 4.39 Å². The second kappa shape index (κ2) is 11.8. The first-order valence-corrected chi connectivity index (χ1v) is 11.0. The summed E-state index contributed by atoms with van der Waals surface area (Å²) in [5, 5.41) is 0. The average Bonchev–Trinajstić information content (AvgIpc) is 3.51. The van der Waals surface area contributed by atoms with Crippen molar-refractivity contribution in [1.82, 2.24) is 9.97 Å². The van der Waals surface area contributed by atoms with Crippen LogP contribution in [0.3, 0.4) is 0 Å². The molecule has 34 heavy (non-hydrogen) atoms. The van der Waals surface area contributed by atoms with Crippen LogP contribution in [-0.4, -0.2) is 35.3 Å². The van der Waals surface area contributed by atoms with Crippen LogP contribution in [0.15, 0.2) is 48.8 Å². The van der Waals surface area contributed by atoms with E-state index in [0.717, 1.165) is 29.2 Å². The van der Waals surface area contributed by atoms with Gasteiger partial charge in [0.2, 0.25) is 5.95 Å². The maximum atomic E-state index is 15.0. The molecule has 0 unspecified atom stereocenters. The molecule has 1 atom stereocenters. The molecule has 1 fully saturated rings. The number of H-pyrrole nitrogens is 1. The third-order valence-electron chi connectivity index (χ3n) is 5.53. The van der Waals surface area contributed by atoms with E-state index in [0.29, 0.717) is 17.8 Å². The number of hydrogen-bond donors (Lipinski definition) is 1. The fourth-order valence-corrected chi connectivity index (χ4v) is 4.30. The Balaban J connectivity index is 0.00000162. The molecule has 166 valence electrons. The zero-order valence-electron chi connectivity index (χ0n) is 18.7. The number of rotatable bonds is 6. The minimum absolute atomic E-state index is 0. The third kappa shape index (κ3) is 5.84. The molecule has 13 heteroatoms. The molecule has 0 aliphatic carbocycles. The van der Waals surface area contributed by atoms with Gasteiger partial charge < -0.3 is 28.9 Å². The number of carbonyl (C=O) groups is 1. The van der Waals surface area contributed by atoms with E-state index in [4.69, 9.17) is 4.74 Å². The molecular weight excluding hydrogens is 484 g/mol. The predicted molar refractivity (Wildman–Crippen MR) is 111 cm³/mol. The van der Waals surface area contributed by atoms with Crippen LogP contribution in [0.2, 0.25) is 0 Å². The summed E-state index contributed by atoms with van der Waals surface area (Å²) >= 11 is 0. The number of amides is 1. The predicted octanol–water partition coefficient (Wildman–Crippen LogP) is -3.97. The van der Waals surface area contributed by atoms with Crippen LogP contribution < -0.4 is 78.7 Å². The summed E-state index contributed by atoms with van der Waals surface area (Å²) in [5.74, 6) is 0.320. The van der Waals surface area contributed by atoms with Crippen molar-refractivity contribution in [2.75, 3.05) is 23.0 Å². The zero-order chi connectivity index (χ0) is 22.2. The Kier molecular flexibility index (Phi) is 9.56. The van der Waals surface area contributed by atoms with Crippen LogP contribution in [-0.2, 0) is 22.4 Å². The van der Waals surface area contributed by atoms with Crippen LogP contribution in [0, 0.1) is 5.82 Å². The molecule has 5 rings (SSSR count). The molecule has 1 saturated heterocycles. The number of fused-ring (bicyclic) bond motifs is 1. The first-order chi connectivity index (χ1) is 15.5. The molecule has 0 bridgehead atoms. The molecule has 2 aliphatic heterocycles. The Labute approximate surface area is 240 Å². The van der Waals surface area contributed by atoms with Gasteiger partial charge in [0, 0.05) is 31.0 Å². The number of halogens is 1. The van der Waals surface area contributed by atoms with Gasteiger partial charge in [0.15, 0.2) is 0 Å². The van der Waals surface area contributed by atoms with Crippen molar-refractivity contribution >= 4 is 26.3 Å². The number of nitrogens with one attached hydrogen (secondary N) is 1. The van der Waals surface area contributed by atoms with Crippen molar-refractivity contribution in [3.05, 3.63) is 65.7 Å². The number of nitrogens with zero attached hydrogens (tertiary/aromatic N) is 3. The normalized spacial score (nSPS) is 16.8. The Morgan fingerprint density at radius 1 is 1.18 bits per heavy atom. The van der Waals surface area contributed by atoms with Gasteiger partial charge in [-0.1, -0.05) is 12.1 Å². The zero-order valence-corrected chi connectivity index (χ0v) is 23.6. The summed E-state index contributed by atoms with van der Waals surface area (Å²) in [5.41, 5.74) is 3.75. The molecule has 1 N–H and O–H groups in total. The number of aromatic nitrogens is 2. The van der Waals surface area contributed by atoms with Gasteiger partial charge >= 0.3 is 65.2 Å². The largest absolute Gasteiger partial charge is 1.00 e. The number of imidazole rings is 1. The number of carbonyl (C=O) groups excluding carboxylic acids is 1. The van der Waals surface area contributed by atoms with Crippen LogP contribution in [0.1, 0.15) is 11.1 Å². The maximum Gasteiger partial charge on any atom is 1.00 e. The van der Waals surface area contributed by atoms with Crippen molar-refractivity contribution in [1.29, 1.82) is 0 Å². The van der Waals surface area contributed by atoms with Crippen molar-refractivity contribution in [2.24, 2.45) is 0 Å². The number of benzene rings is 2. The Hall–Kier alpha value is -1.04. The second-order valence-corrected chi connectivity index (χ2v) is 8.26. The fourth-order valence-electron chi connectivity index (χ4n) is 4.01. The quantitative estimate of drug-likeness (QED) is 0.270. The van der Waals surface area contributed by atoms with E-state index < -0.39 is 26.6 Å². The minimum Gasteiger partial charge on any atom is -0.820 e. The SMILES string of the molecule is O=C1O[C@@H](COP([O-])[O-])CN1c1ccc(-c2ccc3c(c2)CN(c2ncc[nH]2)C3)c(F)c1.[Na+].[Na+]. The number of aromatic amines is 1. The van der Waals surface area contributed by atoms with Crippen molar-refractivity contribution in [3.8, 4) is 11.1 Å². The van der Waals surface area contributed by atoms with Gasteiger partial charge in [-0.2, -0.15) is 8.60 Å². The van der Waals surface area contributed by atoms with Gasteiger partial charge in [-0.15, -0.1) is 0 Å². The number of ether oxygens (including phenoxy) is 1. The Morgan fingerprint density at radius 2 is 1.97 bits per heavy atom. The van der Waals surface area contributed by atoms with Crippen molar-refractivity contribution in [3.63, 3.8) is 0 Å². The molecule has 3 heterocycles. The fraction of sp³-hybridized carbons (Fsp3) is 0.238. The van der Waals surface area contributed by atoms with Gasteiger partial charge in [-0.05, 0) is 41.0 Å². The average molecular weight is 502 g/mol. The Bertz CT molecular complexity index is 1150. The number of cyclic esters (lactones) is 1. The topological polar surface area (TPSA) is 117 Å². The first-order valence-electron chi connectivity index (χ1n) is 9.89. The molecule has 3 aromatic rings. The maximum absolute atomic E-state index is 15.0. The molecule has 2 aliphatic rings. The van der Waals surface area contributed by atoms with E-state index in [-0.39, 0.29) is 72.3 Å². The van der Waals surface area contributed by atoms with Crippen LogP contribution in [0.25, 0.3) is 11.1 Å². The van der Waals surface area contributed by atoms with E-state index in [1.54, 1.807) is 24.5 Å². The van der Waals surface area contributed by atoms with Crippen LogP contribution in [0.4, 0.5) is 20.8 Å². The van der Waals surface area contributed by atoms with E-state index in [2.05, 4.69) is 19.4 Å². The molecule has 9 nitrogen and oxygen atoms in total. The van der Waals surface area contributed by atoms with Gasteiger partial charge in [0.1, 0.15) is 11.9 Å². The van der Waals surface area contributed by atoms with Gasteiger partial charge in [0.25, 0.3) is 0 Å². The van der Waals surface area contributed by atoms with Crippen molar-refractivity contribution < 1.29 is 87.3 Å². The Morgan fingerprint density at radius 3 is 2.68 bits per heavy atom. The summed E-state index contributed by atoms with van der Waals surface area (Å²) in [7, 11) is -3.03. The monoisotopic (exact) mass is 502 g/mol. The standard InChI is InChI=1S/C21H18FN4O5P.2Na/c22-19-8-16(26-11-17(31-21(26)27)12-30-32(28)29)3-4-18(19)13-1-2-14-9-25(10-15(14)7-13)20-23-5-6-24-20;;/h1-8,17H,9-12H2,(H,23,24);;/q-2;2*+1/t17-;;/m1../s1. The summed E-state index contributed by atoms with van der Waals surface area (Å²) in [6.45, 7) is 1.20. The van der Waals surface area contributed by atoms with Gasteiger partial charge in [-0.3, -0.25) is 4.90 Å². The van der Waals surface area contributed by atoms with Crippen LogP contribution >= 0.6 is 8.60 Å². The molecule has 1 aromatic heterocycles. The first kappa shape index (κ1) is 27.5. The van der Waals surface area contributed by atoms with Gasteiger partial charge in [-0.25, -0.2) is 14.2 Å². The summed E-state index contributed by atoms with van der Waals surface area (Å²) < 4.78 is 24.6. The molecule has 2 aromatic carbocycles. The van der Waals surface area contributed by atoms with E-state index in [9.17, 15) is 14.6 Å². The number of hydrogen-bond acceptors (Lipinski definition) is 7. The summed E-state index contributed by atoms with van der Waals surface area (Å²) in [6.07, 6.45) is 2.06. The molecule has 1 amide bonds. The second-order valence-electron chi connectivity index (χ2n) is 7.55. The van der Waals surface area contributed by atoms with Crippen molar-refractivity contribution in [2.45, 2.75) is 19.2 Å².